The maximum Gasteiger partial charge on any atom is 0.306 e. The van der Waals surface area contributed by atoms with E-state index in [-0.39, 0.29) is 121 Å². The van der Waals surface area contributed by atoms with E-state index < -0.39 is 193 Å². The third-order valence-corrected chi connectivity index (χ3v) is 20.4. The Morgan fingerprint density at radius 3 is 1.98 bits per heavy atom. The van der Waals surface area contributed by atoms with Crippen LogP contribution in [0, 0.1) is 22.7 Å². The summed E-state index contributed by atoms with van der Waals surface area (Å²) in [6.45, 7) is 7.16. The third-order valence-electron chi connectivity index (χ3n) is 20.4. The van der Waals surface area contributed by atoms with Gasteiger partial charge in [-0.25, -0.2) is 0 Å². The van der Waals surface area contributed by atoms with E-state index in [4.69, 9.17) is 32.8 Å². The highest BCUT2D eigenvalue weighted by Crippen LogP contribution is 2.44. The van der Waals surface area contributed by atoms with Gasteiger partial charge in [-0.1, -0.05) is 109 Å². The fourth-order valence-electron chi connectivity index (χ4n) is 14.1. The third kappa shape index (κ3) is 27.3. The number of nitrogens with zero attached hydrogens (tertiary/aromatic N) is 1. The number of H-pyrrole nitrogens is 1. The molecule has 616 valence electrons. The number of carbonyl (C=O) groups excluding carboxylic acids is 13. The van der Waals surface area contributed by atoms with Gasteiger partial charge in [-0.15, -0.1) is 0 Å². The molecule has 2 fully saturated rings. The number of guanidine groups is 1. The van der Waals surface area contributed by atoms with Crippen molar-refractivity contribution in [2.24, 2.45) is 29.0 Å². The monoisotopic (exact) mass is 1580 g/mol. The second kappa shape index (κ2) is 44.0. The van der Waals surface area contributed by atoms with E-state index in [2.05, 4.69) is 52.8 Å². The number of Topliss-reactive ketones (excluding diaryl/α,β-unsaturated/α-hetero) is 2. The first-order valence-electron chi connectivity index (χ1n) is 38.8. The van der Waals surface area contributed by atoms with Crippen LogP contribution in [0.5, 0.6) is 0 Å². The highest BCUT2D eigenvalue weighted by molar-refractivity contribution is 6.00. The standard InChI is InChI=1S/C81H110N16O17/c1-45(2)30-32-49-40-67(100)58(90-69(101)34-35-71(104)114-44-56-54-21-9-7-19-52(54)53-20-8-10-22-55(53)56)24-12-13-25-60(93-77(110)62(27-16-36-87-81(85)86)94-79(112)65-28-17-37-97(65)80(113)63(42-70(102)103)95-78(111)64(43-98)96-73(49)106)75(108)88-47(5)66(99)41-50(39-51-38-48-18-6-11-23-57(48)89-51)74(107)92-61(26-14-15-29-68(82)83)76(109)91-59(72(84)105)33-31-46(3)4/h6-11,18-23,30-31,38,47,49-50,56,58-65,89,98H,12-17,24-29,32-37,39-44H2,1-5H3,(H3,82,83)(H2,84,105)(H,88,108)(H,90,101)(H,91,109)(H,92,107)(H,93,110)(H,94,112)(H,95,111)(H,96,106)(H,102,103)(H4,85,86,87)/t47-,49+,50+,58-,59-,60-,61-,62-,63-,64-,65?/m0/s1. The van der Waals surface area contributed by atoms with E-state index in [1.54, 1.807) is 52.0 Å². The molecular formula is C81H110N16O17. The number of aliphatic hydroxyl groups excluding tert-OH is 1. The zero-order valence-corrected chi connectivity index (χ0v) is 65.3. The van der Waals surface area contributed by atoms with Crippen LogP contribution in [0.25, 0.3) is 22.0 Å². The number of ether oxygens (including phenoxy) is 1. The van der Waals surface area contributed by atoms with Crippen LogP contribution in [0.1, 0.15) is 179 Å². The molecule has 33 nitrogen and oxygen atoms in total. The Kier molecular flexibility index (Phi) is 34.6. The second-order valence-electron chi connectivity index (χ2n) is 29.9. The van der Waals surface area contributed by atoms with Crippen LogP contribution in [-0.4, -0.2) is 195 Å². The van der Waals surface area contributed by atoms with Crippen LogP contribution >= 0.6 is 0 Å². The topological polar surface area (TPSA) is 542 Å². The molecule has 10 amide bonds. The number of primary amides is 1. The summed E-state index contributed by atoms with van der Waals surface area (Å²) in [7, 11) is 0. The average molecular weight is 1580 g/mol. The number of rotatable bonds is 34. The number of fused-ring (bicyclic) bond motifs is 5. The normalized spacial score (nSPS) is 20.2. The van der Waals surface area contributed by atoms with E-state index in [0.29, 0.717) is 23.2 Å². The summed E-state index contributed by atoms with van der Waals surface area (Å²) in [4.78, 5) is 204. The van der Waals surface area contributed by atoms with Crippen molar-refractivity contribution in [3.63, 3.8) is 0 Å². The van der Waals surface area contributed by atoms with Gasteiger partial charge in [0.05, 0.1) is 43.3 Å². The zero-order chi connectivity index (χ0) is 83.3. The first kappa shape index (κ1) is 89.6. The maximum atomic E-state index is 15.1. The molecule has 3 aliphatic rings. The number of allylic oxidation sites excluding steroid dienone is 3. The van der Waals surface area contributed by atoms with Crippen LogP contribution in [0.3, 0.4) is 0 Å². The van der Waals surface area contributed by atoms with Crippen LogP contribution in [0.2, 0.25) is 0 Å². The second-order valence-corrected chi connectivity index (χ2v) is 29.9. The number of ketones is 2. The molecule has 1 unspecified atom stereocenters. The first-order valence-corrected chi connectivity index (χ1v) is 38.8. The number of aliphatic hydroxyl groups is 1. The Bertz CT molecular complexity index is 4160. The molecule has 4 aromatic rings. The Morgan fingerprint density at radius 2 is 1.33 bits per heavy atom. The van der Waals surface area contributed by atoms with Crippen molar-refractivity contribution in [1.29, 1.82) is 10.8 Å². The number of hydrogen-bond donors (Lipinski definition) is 17. The highest BCUT2D eigenvalue weighted by Gasteiger charge is 2.42. The molecule has 20 N–H and O–H groups in total. The molecule has 2 aliphatic heterocycles. The number of nitrogens with two attached hydrogens (primary N) is 3. The van der Waals surface area contributed by atoms with Gasteiger partial charge in [0.2, 0.25) is 59.1 Å². The summed E-state index contributed by atoms with van der Waals surface area (Å²) in [5, 5.41) is 60.6. The number of esters is 1. The molecule has 0 bridgehead atoms. The predicted octanol–water partition coefficient (Wildman–Crippen LogP) is 2.88. The number of amides is 10. The van der Waals surface area contributed by atoms with E-state index in [0.717, 1.165) is 38.1 Å². The number of carboxylic acids is 1. The average Bonchev–Trinajstić information content (AvgIpc) is 1.61. The van der Waals surface area contributed by atoms with Gasteiger partial charge in [-0.2, -0.15) is 0 Å². The molecule has 0 radical (unpaired) electrons. The van der Waals surface area contributed by atoms with Crippen molar-refractivity contribution in [2.45, 2.75) is 223 Å². The number of aliphatic carboxylic acids is 1. The predicted molar refractivity (Wildman–Crippen MR) is 423 cm³/mol. The van der Waals surface area contributed by atoms with Gasteiger partial charge < -0.3 is 89.9 Å². The lowest BCUT2D eigenvalue weighted by Gasteiger charge is -2.30. The van der Waals surface area contributed by atoms with Gasteiger partial charge >= 0.3 is 11.9 Å². The molecule has 1 aromatic heterocycles. The Morgan fingerprint density at radius 1 is 0.693 bits per heavy atom. The number of carbonyl (C=O) groups is 14. The molecule has 3 heterocycles. The minimum absolute atomic E-state index is 0.000575. The summed E-state index contributed by atoms with van der Waals surface area (Å²) in [6, 6.07) is 11.0. The highest BCUT2D eigenvalue weighted by atomic mass is 16.5. The van der Waals surface area contributed by atoms with Gasteiger partial charge in [-0.3, -0.25) is 77.9 Å². The summed E-state index contributed by atoms with van der Waals surface area (Å²) >= 11 is 0. The molecular weight excluding hydrogens is 1470 g/mol. The summed E-state index contributed by atoms with van der Waals surface area (Å²) < 4.78 is 5.78. The van der Waals surface area contributed by atoms with Crippen molar-refractivity contribution in [3.8, 4) is 11.1 Å². The Hall–Kier alpha value is -11.6. The number of aromatic nitrogens is 1. The van der Waals surface area contributed by atoms with E-state index >= 15 is 9.59 Å². The fraction of sp³-hybridized carbons (Fsp3) is 0.506. The molecule has 114 heavy (non-hydrogen) atoms. The van der Waals surface area contributed by atoms with E-state index in [1.165, 1.54) is 6.92 Å². The van der Waals surface area contributed by atoms with Crippen LogP contribution < -0.4 is 65.1 Å². The summed E-state index contributed by atoms with van der Waals surface area (Å²) in [5.74, 6) is -16.1. The van der Waals surface area contributed by atoms with Crippen LogP contribution in [0.4, 0.5) is 0 Å². The van der Waals surface area contributed by atoms with Crippen molar-refractivity contribution >= 4 is 105 Å². The number of benzene rings is 3. The summed E-state index contributed by atoms with van der Waals surface area (Å²) in [5.41, 5.74) is 23.7. The number of aromatic amines is 1. The van der Waals surface area contributed by atoms with E-state index in [1.807, 2.05) is 66.7 Å². The van der Waals surface area contributed by atoms with Gasteiger partial charge in [0, 0.05) is 61.8 Å². The van der Waals surface area contributed by atoms with Gasteiger partial charge in [0.25, 0.3) is 0 Å². The van der Waals surface area contributed by atoms with Crippen LogP contribution in [-0.2, 0) is 78.3 Å². The lowest BCUT2D eigenvalue weighted by molar-refractivity contribution is -0.146. The van der Waals surface area contributed by atoms with Gasteiger partial charge in [0.1, 0.15) is 48.9 Å². The van der Waals surface area contributed by atoms with Crippen molar-refractivity contribution in [3.05, 3.63) is 119 Å². The molecule has 1 aliphatic carbocycles. The largest absolute Gasteiger partial charge is 0.481 e. The molecule has 3 aromatic carbocycles. The molecule has 11 atom stereocenters. The van der Waals surface area contributed by atoms with Gasteiger partial charge in [0.15, 0.2) is 17.5 Å². The van der Waals surface area contributed by atoms with Gasteiger partial charge in [-0.05, 0) is 145 Å². The number of amidine groups is 1. The molecule has 2 saturated heterocycles. The number of nitrogens with one attached hydrogen (secondary N) is 12. The van der Waals surface area contributed by atoms with Crippen molar-refractivity contribution in [1.82, 2.24) is 57.7 Å². The Balaban J connectivity index is 1.21. The number of hydrogen-bond acceptors (Lipinski definition) is 18. The molecule has 33 heteroatoms. The zero-order valence-electron chi connectivity index (χ0n) is 65.3. The molecule has 7 rings (SSSR count). The van der Waals surface area contributed by atoms with Crippen LogP contribution in [0.15, 0.2) is 102 Å². The van der Waals surface area contributed by atoms with E-state index in [9.17, 15) is 67.7 Å². The minimum atomic E-state index is -1.90. The Labute approximate surface area is 661 Å². The van der Waals surface area contributed by atoms with Crippen molar-refractivity contribution in [2.75, 3.05) is 26.3 Å². The maximum absolute atomic E-state index is 15.1. The fourth-order valence-corrected chi connectivity index (χ4v) is 14.1. The molecule has 0 spiro atoms. The summed E-state index contributed by atoms with van der Waals surface area (Å²) in [6.07, 6.45) is 0.497. The quantitative estimate of drug-likeness (QED) is 0.0105. The minimum Gasteiger partial charge on any atom is -0.481 e. The lowest BCUT2D eigenvalue weighted by Crippen LogP contribution is -2.59. The van der Waals surface area contributed by atoms with Crippen molar-refractivity contribution < 1.29 is 82.1 Å². The smallest absolute Gasteiger partial charge is 0.306 e. The number of unbranched alkanes of at least 4 members (excludes halogenated alkanes) is 1. The first-order chi connectivity index (χ1) is 54.3. The SMILES string of the molecule is CC(C)=CC[C@@H]1CC(=O)[C@@H](NC(=O)CCC(=O)OCC2c3ccccc3-c3ccccc32)CCCC[C@@H](C(=O)N[C@@H](C)C(=O)C[C@@H](Cc2cc3ccccc3[nH]2)C(=O)N[C@@H](CCCCC(=N)N)C(=O)N[C@@H](CC=C(C)C)C(N)=O)NC(=O)[C@H](CCCNC(=N)N)NC(=O)C2CCCN2C(=O)[C@H](CC(=O)O)NC(=O)[C@H](CO)NC1=O. The molecule has 0 saturated carbocycles. The number of para-hydroxylation sites is 1. The number of carboxylic acid groups (broad SMARTS) is 1. The lowest BCUT2D eigenvalue weighted by atomic mass is 9.91.